The third kappa shape index (κ3) is 4.96. The van der Waals surface area contributed by atoms with E-state index in [9.17, 15) is 4.79 Å². The summed E-state index contributed by atoms with van der Waals surface area (Å²) in [7, 11) is 0. The molecule has 0 bridgehead atoms. The molecule has 0 aliphatic carbocycles. The lowest BCUT2D eigenvalue weighted by atomic mass is 10.1. The molecule has 2 heterocycles. The molecular formula is C24H20N2O2S2. The molecule has 0 atom stereocenters. The van der Waals surface area contributed by atoms with Crippen LogP contribution in [-0.4, -0.2) is 20.1 Å². The number of thioether (sulfide) groups is 1. The predicted octanol–water partition coefficient (Wildman–Crippen LogP) is 5.37. The zero-order chi connectivity index (χ0) is 20.9. The molecule has 0 N–H and O–H groups in total. The highest BCUT2D eigenvalue weighted by atomic mass is 32.2. The Labute approximate surface area is 185 Å². The second-order valence-electron chi connectivity index (χ2n) is 6.98. The molecule has 6 heteroatoms. The number of carbonyl (C=O) groups is 1. The van der Waals surface area contributed by atoms with Crippen molar-refractivity contribution < 1.29 is 9.53 Å². The van der Waals surface area contributed by atoms with E-state index in [2.05, 4.69) is 30.1 Å². The third-order valence-electron chi connectivity index (χ3n) is 4.60. The Morgan fingerprint density at radius 1 is 1.10 bits per heavy atom. The van der Waals surface area contributed by atoms with Gasteiger partial charge in [0.25, 0.3) is 5.91 Å². The number of pyridine rings is 1. The molecule has 1 aliphatic heterocycles. The molecule has 0 unspecified atom stereocenters. The summed E-state index contributed by atoms with van der Waals surface area (Å²) in [6.45, 7) is 3.02. The highest BCUT2D eigenvalue weighted by molar-refractivity contribution is 8.26. The van der Waals surface area contributed by atoms with E-state index in [1.165, 1.54) is 17.3 Å². The maximum absolute atomic E-state index is 12.8. The van der Waals surface area contributed by atoms with E-state index in [0.29, 0.717) is 22.4 Å². The number of thiocarbonyl (C=S) groups is 1. The van der Waals surface area contributed by atoms with E-state index in [4.69, 9.17) is 17.0 Å². The van der Waals surface area contributed by atoms with Gasteiger partial charge in [-0.3, -0.25) is 14.7 Å². The van der Waals surface area contributed by atoms with Crippen LogP contribution in [0.1, 0.15) is 22.3 Å². The van der Waals surface area contributed by atoms with Crippen LogP contribution in [0.15, 0.2) is 78.0 Å². The fourth-order valence-corrected chi connectivity index (χ4v) is 4.35. The molecule has 1 aromatic heterocycles. The number of amides is 1. The fourth-order valence-electron chi connectivity index (χ4n) is 3.09. The Morgan fingerprint density at radius 3 is 2.63 bits per heavy atom. The molecule has 150 valence electrons. The van der Waals surface area contributed by atoms with Crippen molar-refractivity contribution >= 4 is 40.3 Å². The topological polar surface area (TPSA) is 42.4 Å². The molecule has 1 aliphatic rings. The van der Waals surface area contributed by atoms with Crippen molar-refractivity contribution in [3.05, 3.63) is 100 Å². The van der Waals surface area contributed by atoms with Gasteiger partial charge in [0.1, 0.15) is 16.7 Å². The Morgan fingerprint density at radius 2 is 1.90 bits per heavy atom. The fraction of sp³-hybridized carbons (Fsp3) is 0.125. The maximum atomic E-state index is 12.8. The molecule has 4 nitrogen and oxygen atoms in total. The Kier molecular flexibility index (Phi) is 6.26. The first kappa shape index (κ1) is 20.3. The number of carbonyl (C=O) groups excluding carboxylic acids is 1. The molecule has 3 aromatic rings. The van der Waals surface area contributed by atoms with E-state index in [1.807, 2.05) is 48.5 Å². The van der Waals surface area contributed by atoms with Gasteiger partial charge in [-0.25, -0.2) is 0 Å². The van der Waals surface area contributed by atoms with Crippen LogP contribution in [0.25, 0.3) is 6.08 Å². The predicted molar refractivity (Wildman–Crippen MR) is 125 cm³/mol. The lowest BCUT2D eigenvalue weighted by Crippen LogP contribution is -2.27. The first-order valence-electron chi connectivity index (χ1n) is 9.51. The van der Waals surface area contributed by atoms with Crippen molar-refractivity contribution in [2.45, 2.75) is 20.1 Å². The number of ether oxygens (including phenoxy) is 1. The quantitative estimate of drug-likeness (QED) is 0.387. The van der Waals surface area contributed by atoms with Gasteiger partial charge in [0.15, 0.2) is 0 Å². The van der Waals surface area contributed by atoms with Crippen molar-refractivity contribution in [1.29, 1.82) is 0 Å². The number of benzene rings is 2. The number of rotatable bonds is 6. The Bertz CT molecular complexity index is 1100. The summed E-state index contributed by atoms with van der Waals surface area (Å²) in [5, 5.41) is 0. The van der Waals surface area contributed by atoms with Crippen molar-refractivity contribution in [3.63, 3.8) is 0 Å². The first-order valence-corrected chi connectivity index (χ1v) is 10.7. The smallest absolute Gasteiger partial charge is 0.266 e. The van der Waals surface area contributed by atoms with Gasteiger partial charge in [-0.15, -0.1) is 0 Å². The van der Waals surface area contributed by atoms with E-state index in [-0.39, 0.29) is 5.91 Å². The third-order valence-corrected chi connectivity index (χ3v) is 5.98. The molecule has 4 rings (SSSR count). The molecule has 30 heavy (non-hydrogen) atoms. The Balaban J connectivity index is 1.40. The van der Waals surface area contributed by atoms with Crippen LogP contribution < -0.4 is 4.74 Å². The van der Waals surface area contributed by atoms with Crippen LogP contribution in [0, 0.1) is 6.92 Å². The summed E-state index contributed by atoms with van der Waals surface area (Å²) in [4.78, 5) is 19.1. The van der Waals surface area contributed by atoms with Crippen LogP contribution in [0.2, 0.25) is 0 Å². The average molecular weight is 433 g/mol. The van der Waals surface area contributed by atoms with Gasteiger partial charge in [-0.1, -0.05) is 72.0 Å². The van der Waals surface area contributed by atoms with Gasteiger partial charge < -0.3 is 4.74 Å². The summed E-state index contributed by atoms with van der Waals surface area (Å²) in [6, 6.07) is 19.8. The minimum atomic E-state index is -0.0753. The van der Waals surface area contributed by atoms with Crippen molar-refractivity contribution in [2.75, 3.05) is 0 Å². The zero-order valence-electron chi connectivity index (χ0n) is 16.4. The summed E-state index contributed by atoms with van der Waals surface area (Å²) in [6.07, 6.45) is 5.33. The van der Waals surface area contributed by atoms with Crippen LogP contribution in [0.3, 0.4) is 0 Å². The lowest BCUT2D eigenvalue weighted by Gasteiger charge is -2.13. The summed E-state index contributed by atoms with van der Waals surface area (Å²) in [5.41, 5.74) is 4.23. The summed E-state index contributed by atoms with van der Waals surface area (Å²) >= 11 is 6.73. The zero-order valence-corrected chi connectivity index (χ0v) is 18.1. The number of hydrogen-bond acceptors (Lipinski definition) is 5. The molecule has 1 fully saturated rings. The maximum Gasteiger partial charge on any atom is 0.266 e. The molecule has 0 spiro atoms. The normalized spacial score (nSPS) is 15.1. The number of aryl methyl sites for hydroxylation is 1. The van der Waals surface area contributed by atoms with Crippen molar-refractivity contribution in [3.8, 4) is 5.75 Å². The highest BCUT2D eigenvalue weighted by Gasteiger charge is 2.31. The number of hydrogen-bond donors (Lipinski definition) is 0. The van der Waals surface area contributed by atoms with Gasteiger partial charge in [0, 0.05) is 12.4 Å². The van der Waals surface area contributed by atoms with Crippen molar-refractivity contribution in [1.82, 2.24) is 9.88 Å². The largest absolute Gasteiger partial charge is 0.489 e. The SMILES string of the molecule is Cc1cccc(COc2ccc(C=C3SC(=S)N(Cc4cccnc4)C3=O)cc2)c1. The second-order valence-corrected chi connectivity index (χ2v) is 8.65. The van der Waals surface area contributed by atoms with Gasteiger partial charge in [-0.05, 0) is 47.9 Å². The molecule has 0 saturated carbocycles. The van der Waals surface area contributed by atoms with E-state index < -0.39 is 0 Å². The molecule has 1 amide bonds. The number of aromatic nitrogens is 1. The summed E-state index contributed by atoms with van der Waals surface area (Å²) in [5.74, 6) is 0.714. The van der Waals surface area contributed by atoms with Gasteiger partial charge in [-0.2, -0.15) is 0 Å². The van der Waals surface area contributed by atoms with Crippen LogP contribution in [-0.2, 0) is 17.9 Å². The molecule has 0 radical (unpaired) electrons. The first-order chi connectivity index (χ1) is 14.6. The Hall–Kier alpha value is -2.96. The minimum absolute atomic E-state index is 0.0753. The van der Waals surface area contributed by atoms with Gasteiger partial charge in [0.05, 0.1) is 11.4 Å². The minimum Gasteiger partial charge on any atom is -0.489 e. The number of nitrogens with zero attached hydrogens (tertiary/aromatic N) is 2. The van der Waals surface area contributed by atoms with Crippen LogP contribution >= 0.6 is 24.0 Å². The highest BCUT2D eigenvalue weighted by Crippen LogP contribution is 2.33. The lowest BCUT2D eigenvalue weighted by molar-refractivity contribution is -0.122. The monoisotopic (exact) mass is 432 g/mol. The van der Waals surface area contributed by atoms with Crippen LogP contribution in [0.4, 0.5) is 0 Å². The van der Waals surface area contributed by atoms with Crippen LogP contribution in [0.5, 0.6) is 5.75 Å². The van der Waals surface area contributed by atoms with E-state index >= 15 is 0 Å². The summed E-state index contributed by atoms with van der Waals surface area (Å²) < 4.78 is 6.43. The second kappa shape index (κ2) is 9.24. The van der Waals surface area contributed by atoms with Gasteiger partial charge in [0.2, 0.25) is 0 Å². The average Bonchev–Trinajstić information content (AvgIpc) is 3.01. The van der Waals surface area contributed by atoms with Gasteiger partial charge >= 0.3 is 0 Å². The van der Waals surface area contributed by atoms with E-state index in [1.54, 1.807) is 17.3 Å². The molecular weight excluding hydrogens is 412 g/mol. The van der Waals surface area contributed by atoms with Crippen molar-refractivity contribution in [2.24, 2.45) is 0 Å². The molecule has 2 aromatic carbocycles. The molecule has 1 saturated heterocycles. The standard InChI is InChI=1S/C24H20N2O2S2/c1-17-4-2-5-19(12-17)16-28-21-9-7-18(8-10-21)13-22-23(27)26(24(29)30-22)15-20-6-3-11-25-14-20/h2-14H,15-16H2,1H3. The van der Waals surface area contributed by atoms with E-state index in [0.717, 1.165) is 22.4 Å².